The third-order valence-electron chi connectivity index (χ3n) is 4.86. The second-order valence-electron chi connectivity index (χ2n) is 7.31. The normalized spacial score (nSPS) is 18.0. The molecule has 0 spiro atoms. The van der Waals surface area contributed by atoms with Gasteiger partial charge >= 0.3 is 5.97 Å². The SMILES string of the molecule is CCCCC[C@@H](CC(=O)n1nnc2ccccc21)C1N=C(C(C)C)C(=O)O1. The maximum Gasteiger partial charge on any atom is 0.354 e. The Morgan fingerprint density at radius 3 is 2.74 bits per heavy atom. The van der Waals surface area contributed by atoms with Gasteiger partial charge in [0.1, 0.15) is 11.2 Å². The molecule has 3 rings (SSSR count). The number of hydrogen-bond donors (Lipinski definition) is 0. The molecule has 144 valence electrons. The van der Waals surface area contributed by atoms with E-state index in [1.807, 2.05) is 38.1 Å². The molecular weight excluding hydrogens is 344 g/mol. The lowest BCUT2D eigenvalue weighted by Gasteiger charge is -2.19. The zero-order valence-corrected chi connectivity index (χ0v) is 16.1. The van der Waals surface area contributed by atoms with Gasteiger partial charge in [-0.2, -0.15) is 4.68 Å². The van der Waals surface area contributed by atoms with Crippen molar-refractivity contribution in [3.8, 4) is 0 Å². The Morgan fingerprint density at radius 1 is 1.26 bits per heavy atom. The lowest BCUT2D eigenvalue weighted by Crippen LogP contribution is -2.26. The number of unbranched alkanes of at least 4 members (excludes halogenated alkanes) is 2. The van der Waals surface area contributed by atoms with Crippen molar-refractivity contribution in [1.29, 1.82) is 0 Å². The molecule has 7 heteroatoms. The minimum Gasteiger partial charge on any atom is -0.435 e. The van der Waals surface area contributed by atoms with E-state index in [-0.39, 0.29) is 30.1 Å². The van der Waals surface area contributed by atoms with E-state index in [1.165, 1.54) is 4.68 Å². The summed E-state index contributed by atoms with van der Waals surface area (Å²) in [4.78, 5) is 29.5. The van der Waals surface area contributed by atoms with Gasteiger partial charge in [0.2, 0.25) is 5.91 Å². The maximum atomic E-state index is 12.9. The van der Waals surface area contributed by atoms with E-state index in [2.05, 4.69) is 22.2 Å². The largest absolute Gasteiger partial charge is 0.435 e. The average Bonchev–Trinajstić information content (AvgIpc) is 3.24. The summed E-state index contributed by atoms with van der Waals surface area (Å²) >= 11 is 0. The number of esters is 1. The number of ether oxygens (including phenoxy) is 1. The molecule has 0 saturated heterocycles. The number of fused-ring (bicyclic) bond motifs is 1. The highest BCUT2D eigenvalue weighted by atomic mass is 16.6. The van der Waals surface area contributed by atoms with Gasteiger partial charge in [-0.3, -0.25) is 4.79 Å². The highest BCUT2D eigenvalue weighted by molar-refractivity contribution is 6.38. The van der Waals surface area contributed by atoms with E-state index in [4.69, 9.17) is 4.74 Å². The molecule has 0 bridgehead atoms. The second-order valence-corrected chi connectivity index (χ2v) is 7.31. The summed E-state index contributed by atoms with van der Waals surface area (Å²) in [6.07, 6.45) is 3.51. The molecular formula is C20H26N4O3. The van der Waals surface area contributed by atoms with Crippen molar-refractivity contribution < 1.29 is 14.3 Å². The van der Waals surface area contributed by atoms with E-state index in [0.717, 1.165) is 25.7 Å². The molecule has 0 saturated carbocycles. The van der Waals surface area contributed by atoms with Gasteiger partial charge in [0.25, 0.3) is 0 Å². The maximum absolute atomic E-state index is 12.9. The Bertz CT molecular complexity index is 856. The van der Waals surface area contributed by atoms with Crippen molar-refractivity contribution in [3.63, 3.8) is 0 Å². The standard InChI is InChI=1S/C20H26N4O3/c1-4-5-6-9-14(19-21-18(13(2)3)20(26)27-19)12-17(25)24-16-11-8-7-10-15(16)22-23-24/h7-8,10-11,13-14,19H,4-6,9,12H2,1-3H3/t14-,19?/m0/s1. The number of nitrogens with zero attached hydrogens (tertiary/aromatic N) is 4. The lowest BCUT2D eigenvalue weighted by atomic mass is 9.95. The van der Waals surface area contributed by atoms with Crippen LogP contribution in [0.15, 0.2) is 29.3 Å². The van der Waals surface area contributed by atoms with Gasteiger partial charge in [0, 0.05) is 18.3 Å². The molecule has 0 aliphatic carbocycles. The summed E-state index contributed by atoms with van der Waals surface area (Å²) in [6, 6.07) is 7.36. The van der Waals surface area contributed by atoms with Crippen LogP contribution in [0.5, 0.6) is 0 Å². The molecule has 1 unspecified atom stereocenters. The highest BCUT2D eigenvalue weighted by Gasteiger charge is 2.35. The van der Waals surface area contributed by atoms with Crippen LogP contribution < -0.4 is 0 Å². The van der Waals surface area contributed by atoms with Crippen LogP contribution in [-0.4, -0.2) is 38.8 Å². The minimum atomic E-state index is -0.592. The van der Waals surface area contributed by atoms with Gasteiger partial charge in [-0.15, -0.1) is 5.10 Å². The first-order chi connectivity index (χ1) is 13.0. The van der Waals surface area contributed by atoms with Crippen molar-refractivity contribution in [1.82, 2.24) is 15.0 Å². The molecule has 2 atom stereocenters. The van der Waals surface area contributed by atoms with Gasteiger partial charge in [-0.05, 0) is 18.6 Å². The fourth-order valence-electron chi connectivity index (χ4n) is 3.34. The first kappa shape index (κ1) is 19.2. The van der Waals surface area contributed by atoms with Crippen molar-refractivity contribution >= 4 is 28.6 Å². The molecule has 2 heterocycles. The first-order valence-corrected chi connectivity index (χ1v) is 9.63. The number of cyclic esters (lactones) is 1. The first-order valence-electron chi connectivity index (χ1n) is 9.63. The van der Waals surface area contributed by atoms with Crippen molar-refractivity contribution in [2.45, 2.75) is 59.1 Å². The monoisotopic (exact) mass is 370 g/mol. The van der Waals surface area contributed by atoms with Gasteiger partial charge in [-0.25, -0.2) is 9.79 Å². The van der Waals surface area contributed by atoms with Gasteiger partial charge in [0.15, 0.2) is 6.23 Å². The summed E-state index contributed by atoms with van der Waals surface area (Å²) in [5, 5.41) is 8.05. The molecule has 0 N–H and O–H groups in total. The summed E-state index contributed by atoms with van der Waals surface area (Å²) in [5.41, 5.74) is 1.82. The molecule has 7 nitrogen and oxygen atoms in total. The predicted octanol–water partition coefficient (Wildman–Crippen LogP) is 3.64. The van der Waals surface area contributed by atoms with Crippen LogP contribution in [0.2, 0.25) is 0 Å². The average molecular weight is 370 g/mol. The number of hydrogen-bond acceptors (Lipinski definition) is 6. The Kier molecular flexibility index (Phi) is 5.98. The van der Waals surface area contributed by atoms with Crippen LogP contribution >= 0.6 is 0 Å². The van der Waals surface area contributed by atoms with E-state index in [1.54, 1.807) is 0 Å². The lowest BCUT2D eigenvalue weighted by molar-refractivity contribution is -0.140. The number of aliphatic imine (C=N–C) groups is 1. The Morgan fingerprint density at radius 2 is 2.04 bits per heavy atom. The van der Waals surface area contributed by atoms with Crippen LogP contribution in [0.1, 0.15) is 57.7 Å². The van der Waals surface area contributed by atoms with Crippen LogP contribution in [0.25, 0.3) is 11.0 Å². The highest BCUT2D eigenvalue weighted by Crippen LogP contribution is 2.27. The summed E-state index contributed by atoms with van der Waals surface area (Å²) < 4.78 is 6.83. The van der Waals surface area contributed by atoms with Crippen LogP contribution in [0.3, 0.4) is 0 Å². The molecule has 27 heavy (non-hydrogen) atoms. The quantitative estimate of drug-likeness (QED) is 0.523. The molecule has 1 aromatic heterocycles. The third-order valence-corrected chi connectivity index (χ3v) is 4.86. The third kappa shape index (κ3) is 4.23. The second kappa shape index (κ2) is 8.41. The predicted molar refractivity (Wildman–Crippen MR) is 103 cm³/mol. The molecule has 0 radical (unpaired) electrons. The van der Waals surface area contributed by atoms with E-state index in [0.29, 0.717) is 16.7 Å². The van der Waals surface area contributed by atoms with Gasteiger partial charge in [-0.1, -0.05) is 57.4 Å². The summed E-state index contributed by atoms with van der Waals surface area (Å²) in [7, 11) is 0. The van der Waals surface area contributed by atoms with Crippen molar-refractivity contribution in [3.05, 3.63) is 24.3 Å². The van der Waals surface area contributed by atoms with Crippen LogP contribution in [-0.2, 0) is 9.53 Å². The number of carbonyl (C=O) groups excluding carboxylic acids is 2. The summed E-state index contributed by atoms with van der Waals surface area (Å²) in [5.74, 6) is -0.676. The number of rotatable bonds is 8. The molecule has 0 fully saturated rings. The Hall–Kier alpha value is -2.57. The number of aromatic nitrogens is 3. The minimum absolute atomic E-state index is 0.00810. The molecule has 1 aliphatic heterocycles. The van der Waals surface area contributed by atoms with E-state index >= 15 is 0 Å². The molecule has 1 aliphatic rings. The Labute approximate surface area is 158 Å². The van der Waals surface area contributed by atoms with Crippen molar-refractivity contribution in [2.24, 2.45) is 16.8 Å². The van der Waals surface area contributed by atoms with Crippen LogP contribution in [0, 0.1) is 11.8 Å². The molecule has 2 aromatic rings. The molecule has 0 amide bonds. The van der Waals surface area contributed by atoms with Crippen LogP contribution in [0.4, 0.5) is 0 Å². The molecule has 1 aromatic carbocycles. The van der Waals surface area contributed by atoms with Crippen molar-refractivity contribution in [2.75, 3.05) is 0 Å². The van der Waals surface area contributed by atoms with Gasteiger partial charge in [0.05, 0.1) is 5.52 Å². The fourth-order valence-corrected chi connectivity index (χ4v) is 3.34. The summed E-state index contributed by atoms with van der Waals surface area (Å²) in [6.45, 7) is 5.97. The topological polar surface area (TPSA) is 86.4 Å². The number of benzene rings is 1. The zero-order chi connectivity index (χ0) is 19.4. The van der Waals surface area contributed by atoms with Gasteiger partial charge < -0.3 is 4.74 Å². The number of carbonyl (C=O) groups is 2. The fraction of sp³-hybridized carbons (Fsp3) is 0.550. The zero-order valence-electron chi connectivity index (χ0n) is 16.1. The van der Waals surface area contributed by atoms with E-state index < -0.39 is 6.23 Å². The van der Waals surface area contributed by atoms with E-state index in [9.17, 15) is 9.59 Å². The number of para-hydroxylation sites is 1. The smallest absolute Gasteiger partial charge is 0.354 e. The Balaban J connectivity index is 1.79.